The van der Waals surface area contributed by atoms with E-state index in [1.807, 2.05) is 0 Å². The molecule has 2 nitrogen and oxygen atoms in total. The van der Waals surface area contributed by atoms with Gasteiger partial charge in [0.2, 0.25) is 0 Å². The molecule has 0 aromatic carbocycles. The van der Waals surface area contributed by atoms with Crippen LogP contribution >= 0.6 is 0 Å². The molecule has 1 aliphatic carbocycles. The van der Waals surface area contributed by atoms with Crippen LogP contribution in [0.3, 0.4) is 0 Å². The summed E-state index contributed by atoms with van der Waals surface area (Å²) in [5.41, 5.74) is 11.1. The lowest BCUT2D eigenvalue weighted by Gasteiger charge is -2.38. The summed E-state index contributed by atoms with van der Waals surface area (Å²) in [5, 5.41) is 0. The van der Waals surface area contributed by atoms with Gasteiger partial charge >= 0.3 is 0 Å². The van der Waals surface area contributed by atoms with Crippen LogP contribution in [-0.2, 0) is 12.0 Å². The minimum absolute atomic E-state index is 0.185. The van der Waals surface area contributed by atoms with Gasteiger partial charge in [0.25, 0.3) is 0 Å². The Morgan fingerprint density at radius 1 is 1.44 bits per heavy atom. The summed E-state index contributed by atoms with van der Waals surface area (Å²) < 4.78 is 2.53. The minimum atomic E-state index is 0.185. The van der Waals surface area contributed by atoms with Crippen LogP contribution in [0.4, 0.5) is 0 Å². The molecule has 0 saturated carbocycles. The van der Waals surface area contributed by atoms with Gasteiger partial charge in [-0.05, 0) is 57.1 Å². The van der Waals surface area contributed by atoms with Crippen molar-refractivity contribution in [3.8, 4) is 0 Å². The maximum absolute atomic E-state index is 6.38. The molecule has 0 saturated heterocycles. The maximum atomic E-state index is 6.38. The van der Waals surface area contributed by atoms with Crippen LogP contribution in [0.15, 0.2) is 6.07 Å². The molecule has 102 valence electrons. The number of hydrogen-bond acceptors (Lipinski definition) is 1. The number of hydrogen-bond donors (Lipinski definition) is 1. The molecule has 1 unspecified atom stereocenters. The Balaban J connectivity index is 2.58. The Hall–Kier alpha value is -0.760. The summed E-state index contributed by atoms with van der Waals surface area (Å²) in [7, 11) is 0. The van der Waals surface area contributed by atoms with Gasteiger partial charge in [-0.1, -0.05) is 20.8 Å². The van der Waals surface area contributed by atoms with Crippen molar-refractivity contribution in [2.24, 2.45) is 11.1 Å². The first-order valence-electron chi connectivity index (χ1n) is 7.15. The highest BCUT2D eigenvalue weighted by Crippen LogP contribution is 2.42. The number of nitrogens with two attached hydrogens (primary N) is 1. The fourth-order valence-corrected chi connectivity index (χ4v) is 3.45. The third-order valence-electron chi connectivity index (χ3n) is 4.61. The first-order chi connectivity index (χ1) is 8.18. The zero-order valence-corrected chi connectivity index (χ0v) is 12.8. The van der Waals surface area contributed by atoms with E-state index in [9.17, 15) is 0 Å². The highest BCUT2D eigenvalue weighted by Gasteiger charge is 2.35. The van der Waals surface area contributed by atoms with E-state index in [1.165, 1.54) is 17.0 Å². The van der Waals surface area contributed by atoms with Gasteiger partial charge in [0, 0.05) is 23.0 Å². The Bertz CT molecular complexity index is 452. The summed E-state index contributed by atoms with van der Waals surface area (Å²) in [5.74, 6) is 0. The maximum Gasteiger partial charge on any atom is 0.0386 e. The fraction of sp³-hybridized carbons (Fsp3) is 0.750. The molecule has 0 aliphatic heterocycles. The largest absolute Gasteiger partial charge is 0.343 e. The zero-order valence-electron chi connectivity index (χ0n) is 12.8. The molecule has 0 fully saturated rings. The summed E-state index contributed by atoms with van der Waals surface area (Å²) in [6, 6.07) is 2.52. The molecule has 0 radical (unpaired) electrons. The molecular weight excluding hydrogens is 220 g/mol. The van der Waals surface area contributed by atoms with Gasteiger partial charge in [-0.25, -0.2) is 0 Å². The Labute approximate surface area is 112 Å². The van der Waals surface area contributed by atoms with Gasteiger partial charge < -0.3 is 10.3 Å². The summed E-state index contributed by atoms with van der Waals surface area (Å²) in [6.07, 6.45) is 3.38. The summed E-state index contributed by atoms with van der Waals surface area (Å²) >= 11 is 0. The second-order valence-corrected chi connectivity index (χ2v) is 7.34. The van der Waals surface area contributed by atoms with E-state index in [2.05, 4.69) is 52.2 Å². The molecule has 0 bridgehead atoms. The summed E-state index contributed by atoms with van der Waals surface area (Å²) in [6.45, 7) is 13.8. The Morgan fingerprint density at radius 3 is 2.61 bits per heavy atom. The van der Waals surface area contributed by atoms with Crippen LogP contribution in [0, 0.1) is 12.3 Å². The van der Waals surface area contributed by atoms with Crippen molar-refractivity contribution in [3.63, 3.8) is 0 Å². The van der Waals surface area contributed by atoms with Crippen molar-refractivity contribution in [2.75, 3.05) is 0 Å². The standard InChI is InChI=1S/C16H28N2/c1-7-16(5,6)18-11(2)8-12-13(17)9-15(3,4)10-14(12)18/h8,13H,7,9-10,17H2,1-6H3. The van der Waals surface area contributed by atoms with Crippen molar-refractivity contribution < 1.29 is 0 Å². The third-order valence-corrected chi connectivity index (χ3v) is 4.61. The van der Waals surface area contributed by atoms with Gasteiger partial charge in [0.1, 0.15) is 0 Å². The van der Waals surface area contributed by atoms with E-state index in [0.717, 1.165) is 19.3 Å². The predicted molar refractivity (Wildman–Crippen MR) is 77.8 cm³/mol. The highest BCUT2D eigenvalue weighted by atomic mass is 15.1. The van der Waals surface area contributed by atoms with Gasteiger partial charge in [-0.2, -0.15) is 0 Å². The third kappa shape index (κ3) is 2.11. The molecule has 2 N–H and O–H groups in total. The molecular formula is C16H28N2. The average Bonchev–Trinajstić information content (AvgIpc) is 2.54. The molecule has 18 heavy (non-hydrogen) atoms. The molecule has 1 aromatic heterocycles. The lowest BCUT2D eigenvalue weighted by atomic mass is 9.74. The van der Waals surface area contributed by atoms with Crippen LogP contribution in [-0.4, -0.2) is 4.57 Å². The van der Waals surface area contributed by atoms with Crippen molar-refractivity contribution in [2.45, 2.75) is 72.4 Å². The smallest absolute Gasteiger partial charge is 0.0386 e. The van der Waals surface area contributed by atoms with E-state index < -0.39 is 0 Å². The molecule has 0 amide bonds. The fourth-order valence-electron chi connectivity index (χ4n) is 3.45. The topological polar surface area (TPSA) is 30.9 Å². The molecule has 1 atom stereocenters. The lowest BCUT2D eigenvalue weighted by Crippen LogP contribution is -2.34. The lowest BCUT2D eigenvalue weighted by molar-refractivity contribution is 0.254. The van der Waals surface area contributed by atoms with Gasteiger partial charge in [0.05, 0.1) is 0 Å². The first-order valence-corrected chi connectivity index (χ1v) is 7.15. The quantitative estimate of drug-likeness (QED) is 0.845. The van der Waals surface area contributed by atoms with Gasteiger partial charge in [-0.3, -0.25) is 0 Å². The van der Waals surface area contributed by atoms with E-state index in [0.29, 0.717) is 5.41 Å². The van der Waals surface area contributed by atoms with Crippen molar-refractivity contribution in [3.05, 3.63) is 23.0 Å². The molecule has 1 aliphatic rings. The average molecular weight is 248 g/mol. The predicted octanol–water partition coefficient (Wildman–Crippen LogP) is 3.91. The van der Waals surface area contributed by atoms with Crippen molar-refractivity contribution in [1.29, 1.82) is 0 Å². The van der Waals surface area contributed by atoms with Crippen molar-refractivity contribution in [1.82, 2.24) is 4.57 Å². The monoisotopic (exact) mass is 248 g/mol. The second-order valence-electron chi connectivity index (χ2n) is 7.34. The molecule has 0 spiro atoms. The van der Waals surface area contributed by atoms with Crippen LogP contribution in [0.25, 0.3) is 0 Å². The highest BCUT2D eigenvalue weighted by molar-refractivity contribution is 5.35. The molecule has 1 heterocycles. The Morgan fingerprint density at radius 2 is 2.06 bits per heavy atom. The number of nitrogens with zero attached hydrogens (tertiary/aromatic N) is 1. The van der Waals surface area contributed by atoms with E-state index in [1.54, 1.807) is 0 Å². The van der Waals surface area contributed by atoms with E-state index >= 15 is 0 Å². The normalized spacial score (nSPS) is 22.9. The minimum Gasteiger partial charge on any atom is -0.343 e. The molecule has 2 heteroatoms. The van der Waals surface area contributed by atoms with Crippen LogP contribution in [0.5, 0.6) is 0 Å². The van der Waals surface area contributed by atoms with E-state index in [-0.39, 0.29) is 11.6 Å². The van der Waals surface area contributed by atoms with Crippen LogP contribution in [0.2, 0.25) is 0 Å². The number of aryl methyl sites for hydroxylation is 1. The molecule has 2 rings (SSSR count). The second kappa shape index (κ2) is 4.12. The SMILES string of the molecule is CCC(C)(C)n1c(C)cc2c1CC(C)(C)CC2N. The van der Waals surface area contributed by atoms with Crippen LogP contribution in [0.1, 0.15) is 70.5 Å². The van der Waals surface area contributed by atoms with Gasteiger partial charge in [0.15, 0.2) is 0 Å². The molecule has 1 aromatic rings. The number of aromatic nitrogens is 1. The van der Waals surface area contributed by atoms with Crippen LogP contribution < -0.4 is 5.73 Å². The van der Waals surface area contributed by atoms with E-state index in [4.69, 9.17) is 5.73 Å². The van der Waals surface area contributed by atoms with Crippen molar-refractivity contribution >= 4 is 0 Å². The summed E-state index contributed by atoms with van der Waals surface area (Å²) in [4.78, 5) is 0. The number of rotatable bonds is 2. The Kier molecular flexibility index (Phi) is 3.13. The van der Waals surface area contributed by atoms with Gasteiger partial charge in [-0.15, -0.1) is 0 Å². The first kappa shape index (κ1) is 13.7. The zero-order chi connectivity index (χ0) is 13.7. The number of fused-ring (bicyclic) bond motifs is 1.